The number of carbonyl (C=O) groups excluding carboxylic acids is 2. The lowest BCUT2D eigenvalue weighted by molar-refractivity contribution is -0.129. The van der Waals surface area contributed by atoms with Crippen LogP contribution in [0, 0.1) is 29.6 Å². The zero-order valence-electron chi connectivity index (χ0n) is 19.6. The summed E-state index contributed by atoms with van der Waals surface area (Å²) in [5.74, 6) is 4.04. The minimum absolute atomic E-state index is 0.0211. The predicted octanol–water partition coefficient (Wildman–Crippen LogP) is 3.65. The second-order valence-electron chi connectivity index (χ2n) is 12.2. The highest BCUT2D eigenvalue weighted by Gasteiger charge is 2.49. The Kier molecular flexibility index (Phi) is 5.72. The van der Waals surface area contributed by atoms with Gasteiger partial charge in [0.25, 0.3) is 0 Å². The van der Waals surface area contributed by atoms with Gasteiger partial charge in [-0.05, 0) is 108 Å². The van der Waals surface area contributed by atoms with E-state index in [9.17, 15) is 9.59 Å². The third-order valence-corrected chi connectivity index (χ3v) is 8.63. The average molecular weight is 432 g/mol. The molecule has 1 unspecified atom stereocenters. The molecular formula is C25H41N3O3. The molecule has 4 bridgehead atoms. The Balaban J connectivity index is 1.14. The summed E-state index contributed by atoms with van der Waals surface area (Å²) in [6.07, 6.45) is 9.69. The summed E-state index contributed by atoms with van der Waals surface area (Å²) in [5, 5.41) is 3.55. The van der Waals surface area contributed by atoms with E-state index in [0.29, 0.717) is 12.0 Å². The second kappa shape index (κ2) is 8.24. The molecule has 2 aliphatic heterocycles. The minimum Gasteiger partial charge on any atom is -0.444 e. The van der Waals surface area contributed by atoms with E-state index in [1.165, 1.54) is 32.1 Å². The topological polar surface area (TPSA) is 61.9 Å². The standard InChI is InChI=1S/C25H41N3O3/c1-25(2,3)31-24(30)28-8-6-16(15-28)14-27-7-4-5-21(27)23(29)26-22-19-10-17-9-18(12-19)13-20(22)11-17/h16-22H,4-15H2,1-3H3,(H,26,29)/t16?,17?,18?,19?,20?,21-,22?/m1/s1. The van der Waals surface area contributed by atoms with Crippen molar-refractivity contribution in [3.63, 3.8) is 0 Å². The zero-order valence-corrected chi connectivity index (χ0v) is 19.6. The van der Waals surface area contributed by atoms with Crippen molar-refractivity contribution >= 4 is 12.0 Å². The number of ether oxygens (including phenoxy) is 1. The van der Waals surface area contributed by atoms with Crippen molar-refractivity contribution in [3.05, 3.63) is 0 Å². The normalized spacial score (nSPS) is 39.8. The predicted molar refractivity (Wildman–Crippen MR) is 119 cm³/mol. The lowest BCUT2D eigenvalue weighted by atomic mass is 9.54. The van der Waals surface area contributed by atoms with Gasteiger partial charge in [-0.25, -0.2) is 4.79 Å². The fourth-order valence-corrected chi connectivity index (χ4v) is 7.57. The fraction of sp³-hybridized carbons (Fsp3) is 0.920. The van der Waals surface area contributed by atoms with Gasteiger partial charge in [0.2, 0.25) is 5.91 Å². The molecule has 174 valence electrons. The van der Waals surface area contributed by atoms with Crippen LogP contribution in [-0.4, -0.2) is 65.7 Å². The molecule has 4 aliphatic carbocycles. The van der Waals surface area contributed by atoms with Crippen molar-refractivity contribution < 1.29 is 14.3 Å². The number of amides is 2. The lowest BCUT2D eigenvalue weighted by Gasteiger charge is -2.54. The van der Waals surface area contributed by atoms with Gasteiger partial charge in [0.1, 0.15) is 5.60 Å². The molecule has 6 fully saturated rings. The van der Waals surface area contributed by atoms with E-state index in [2.05, 4.69) is 10.2 Å². The summed E-state index contributed by atoms with van der Waals surface area (Å²) < 4.78 is 5.54. The van der Waals surface area contributed by atoms with Gasteiger partial charge in [-0.15, -0.1) is 0 Å². The van der Waals surface area contributed by atoms with Crippen molar-refractivity contribution in [2.45, 2.75) is 89.8 Å². The number of hydrogen-bond acceptors (Lipinski definition) is 4. The van der Waals surface area contributed by atoms with Gasteiger partial charge in [-0.2, -0.15) is 0 Å². The van der Waals surface area contributed by atoms with Gasteiger partial charge >= 0.3 is 6.09 Å². The summed E-state index contributed by atoms with van der Waals surface area (Å²) in [4.78, 5) is 29.9. The third-order valence-electron chi connectivity index (χ3n) is 8.63. The molecule has 2 atom stereocenters. The van der Waals surface area contributed by atoms with Crippen LogP contribution in [0.3, 0.4) is 0 Å². The smallest absolute Gasteiger partial charge is 0.410 e. The fourth-order valence-electron chi connectivity index (χ4n) is 7.57. The Labute approximate surface area is 187 Å². The molecule has 4 saturated carbocycles. The van der Waals surface area contributed by atoms with Crippen LogP contribution in [0.25, 0.3) is 0 Å². The van der Waals surface area contributed by atoms with Gasteiger partial charge in [0, 0.05) is 25.7 Å². The van der Waals surface area contributed by atoms with Crippen LogP contribution in [0.1, 0.15) is 72.1 Å². The van der Waals surface area contributed by atoms with Crippen molar-refractivity contribution in [2.24, 2.45) is 29.6 Å². The highest BCUT2D eigenvalue weighted by atomic mass is 16.6. The second-order valence-corrected chi connectivity index (χ2v) is 12.2. The molecule has 0 aromatic carbocycles. The third kappa shape index (κ3) is 4.60. The molecule has 0 aromatic heterocycles. The number of likely N-dealkylation sites (tertiary alicyclic amines) is 2. The van der Waals surface area contributed by atoms with Crippen molar-refractivity contribution in [1.82, 2.24) is 15.1 Å². The molecule has 6 aliphatic rings. The first-order valence-electron chi connectivity index (χ1n) is 12.8. The molecule has 31 heavy (non-hydrogen) atoms. The highest BCUT2D eigenvalue weighted by molar-refractivity contribution is 5.82. The first-order chi connectivity index (χ1) is 14.7. The lowest BCUT2D eigenvalue weighted by Crippen LogP contribution is -2.58. The number of nitrogens with zero attached hydrogens (tertiary/aromatic N) is 2. The van der Waals surface area contributed by atoms with Gasteiger partial charge in [0.15, 0.2) is 0 Å². The van der Waals surface area contributed by atoms with E-state index in [0.717, 1.165) is 69.1 Å². The Morgan fingerprint density at radius 1 is 0.968 bits per heavy atom. The first kappa shape index (κ1) is 21.5. The van der Waals surface area contributed by atoms with E-state index < -0.39 is 5.60 Å². The van der Waals surface area contributed by atoms with Gasteiger partial charge in [-0.1, -0.05) is 0 Å². The Morgan fingerprint density at radius 3 is 2.29 bits per heavy atom. The molecule has 0 spiro atoms. The maximum Gasteiger partial charge on any atom is 0.410 e. The van der Waals surface area contributed by atoms with Gasteiger partial charge in [-0.3, -0.25) is 9.69 Å². The van der Waals surface area contributed by atoms with Crippen LogP contribution in [0.5, 0.6) is 0 Å². The van der Waals surface area contributed by atoms with E-state index >= 15 is 0 Å². The molecule has 0 radical (unpaired) electrons. The van der Waals surface area contributed by atoms with Crippen LogP contribution in [0.2, 0.25) is 0 Å². The number of hydrogen-bond donors (Lipinski definition) is 1. The van der Waals surface area contributed by atoms with Crippen molar-refractivity contribution in [3.8, 4) is 0 Å². The van der Waals surface area contributed by atoms with Gasteiger partial charge in [0.05, 0.1) is 6.04 Å². The van der Waals surface area contributed by atoms with E-state index in [1.807, 2.05) is 25.7 Å². The minimum atomic E-state index is -0.453. The SMILES string of the molecule is CC(C)(C)OC(=O)N1CCC(CN2CCC[C@@H]2C(=O)NC2C3CC4CC(C3)CC2C4)C1. The number of carbonyl (C=O) groups is 2. The first-order valence-corrected chi connectivity index (χ1v) is 12.8. The van der Waals surface area contributed by atoms with E-state index in [4.69, 9.17) is 4.74 Å². The van der Waals surface area contributed by atoms with Crippen LogP contribution >= 0.6 is 0 Å². The molecule has 6 nitrogen and oxygen atoms in total. The van der Waals surface area contributed by atoms with Crippen molar-refractivity contribution in [1.29, 1.82) is 0 Å². The molecule has 6 rings (SSSR count). The Bertz CT molecular complexity index is 675. The van der Waals surface area contributed by atoms with Crippen LogP contribution in [0.15, 0.2) is 0 Å². The Hall–Kier alpha value is -1.30. The van der Waals surface area contributed by atoms with E-state index in [1.54, 1.807) is 0 Å². The zero-order chi connectivity index (χ0) is 21.8. The molecule has 1 N–H and O–H groups in total. The summed E-state index contributed by atoms with van der Waals surface area (Å²) in [5.41, 5.74) is -0.453. The van der Waals surface area contributed by atoms with Crippen LogP contribution in [0.4, 0.5) is 4.79 Å². The quantitative estimate of drug-likeness (QED) is 0.738. The molecular weight excluding hydrogens is 390 g/mol. The molecule has 6 heteroatoms. The summed E-state index contributed by atoms with van der Waals surface area (Å²) >= 11 is 0. The highest BCUT2D eigenvalue weighted by Crippen LogP contribution is 2.53. The molecule has 2 heterocycles. The van der Waals surface area contributed by atoms with Gasteiger partial charge < -0.3 is 15.0 Å². The van der Waals surface area contributed by atoms with E-state index in [-0.39, 0.29) is 18.0 Å². The van der Waals surface area contributed by atoms with Crippen LogP contribution < -0.4 is 5.32 Å². The largest absolute Gasteiger partial charge is 0.444 e. The summed E-state index contributed by atoms with van der Waals surface area (Å²) in [6, 6.07) is 0.449. The monoisotopic (exact) mass is 431 g/mol. The maximum atomic E-state index is 13.3. The van der Waals surface area contributed by atoms with Crippen LogP contribution in [-0.2, 0) is 9.53 Å². The average Bonchev–Trinajstić information content (AvgIpc) is 3.33. The molecule has 2 amide bonds. The van der Waals surface area contributed by atoms with Crippen molar-refractivity contribution in [2.75, 3.05) is 26.2 Å². The molecule has 2 saturated heterocycles. The molecule has 0 aromatic rings. The number of nitrogens with one attached hydrogen (secondary N) is 1. The maximum absolute atomic E-state index is 13.3. The number of rotatable bonds is 4. The Morgan fingerprint density at radius 2 is 1.65 bits per heavy atom. The summed E-state index contributed by atoms with van der Waals surface area (Å²) in [7, 11) is 0. The summed E-state index contributed by atoms with van der Waals surface area (Å²) in [6.45, 7) is 9.16.